The van der Waals surface area contributed by atoms with Crippen LogP contribution in [0.15, 0.2) is 89.8 Å². The van der Waals surface area contributed by atoms with Gasteiger partial charge in [-0.1, -0.05) is 60.7 Å². The normalized spacial score (nSPS) is 12.3. The first-order valence-corrected chi connectivity index (χ1v) is 12.7. The van der Waals surface area contributed by atoms with E-state index in [1.54, 1.807) is 51.1 Å². The molecule has 0 heterocycles. The number of amides is 1. The van der Waals surface area contributed by atoms with E-state index in [1.165, 1.54) is 24.3 Å². The molecule has 0 aliphatic rings. The molecule has 0 fully saturated rings. The van der Waals surface area contributed by atoms with E-state index in [0.717, 1.165) is 5.56 Å². The van der Waals surface area contributed by atoms with Crippen molar-refractivity contribution in [3.63, 3.8) is 0 Å². The highest BCUT2D eigenvalue weighted by molar-refractivity contribution is 7.87. The summed E-state index contributed by atoms with van der Waals surface area (Å²) in [6.07, 6.45) is -0.662. The molecule has 1 amide bonds. The van der Waals surface area contributed by atoms with E-state index in [0.29, 0.717) is 5.56 Å². The second-order valence-corrected chi connectivity index (χ2v) is 10.5. The summed E-state index contributed by atoms with van der Waals surface area (Å²) in [4.78, 5) is 25.2. The highest BCUT2D eigenvalue weighted by Gasteiger charge is 2.27. The van der Waals surface area contributed by atoms with E-state index in [9.17, 15) is 18.0 Å². The first-order valence-electron chi connectivity index (χ1n) is 11.3. The van der Waals surface area contributed by atoms with Gasteiger partial charge in [-0.15, -0.1) is 0 Å². The van der Waals surface area contributed by atoms with E-state index < -0.39 is 33.8 Å². The summed E-state index contributed by atoms with van der Waals surface area (Å²) in [5.41, 5.74) is 0.704. The zero-order valence-electron chi connectivity index (χ0n) is 20.3. The molecule has 36 heavy (non-hydrogen) atoms. The maximum Gasteiger partial charge on any atom is 0.408 e. The Morgan fingerprint density at radius 2 is 1.42 bits per heavy atom. The van der Waals surface area contributed by atoms with Gasteiger partial charge in [0.05, 0.1) is 0 Å². The summed E-state index contributed by atoms with van der Waals surface area (Å²) >= 11 is 0. The first kappa shape index (κ1) is 26.7. The highest BCUT2D eigenvalue weighted by Crippen LogP contribution is 2.20. The van der Waals surface area contributed by atoms with Crippen LogP contribution >= 0.6 is 0 Å². The number of benzene rings is 3. The number of hydrogen-bond donors (Lipinski definition) is 1. The topological polar surface area (TPSA) is 108 Å². The van der Waals surface area contributed by atoms with Gasteiger partial charge in [0.1, 0.15) is 28.9 Å². The highest BCUT2D eigenvalue weighted by atomic mass is 32.2. The van der Waals surface area contributed by atoms with Crippen LogP contribution in [-0.2, 0) is 37.4 Å². The van der Waals surface area contributed by atoms with E-state index >= 15 is 0 Å². The summed E-state index contributed by atoms with van der Waals surface area (Å²) in [5, 5.41) is 2.57. The number of rotatable bonds is 9. The van der Waals surface area contributed by atoms with Gasteiger partial charge >= 0.3 is 22.2 Å². The quantitative estimate of drug-likeness (QED) is 0.330. The minimum Gasteiger partial charge on any atom is -0.458 e. The molecule has 0 radical (unpaired) electrons. The van der Waals surface area contributed by atoms with Crippen molar-refractivity contribution in [2.45, 2.75) is 50.3 Å². The molecule has 1 atom stereocenters. The predicted molar refractivity (Wildman–Crippen MR) is 134 cm³/mol. The summed E-state index contributed by atoms with van der Waals surface area (Å²) in [7, 11) is -3.98. The molecule has 0 aromatic heterocycles. The third kappa shape index (κ3) is 8.42. The molecule has 3 aromatic carbocycles. The molecular formula is C27H29NO7S. The lowest BCUT2D eigenvalue weighted by Gasteiger charge is -2.24. The first-order chi connectivity index (χ1) is 17.0. The lowest BCUT2D eigenvalue weighted by atomic mass is 10.1. The molecule has 0 bridgehead atoms. The number of alkyl carbamates (subject to hydrolysis) is 1. The van der Waals surface area contributed by atoms with Gasteiger partial charge in [-0.25, -0.2) is 9.59 Å². The number of ether oxygens (including phenoxy) is 2. The maximum atomic E-state index is 12.8. The molecule has 3 rings (SSSR count). The second kappa shape index (κ2) is 11.7. The molecular weight excluding hydrogens is 482 g/mol. The fourth-order valence-corrected chi connectivity index (χ4v) is 4.10. The smallest absolute Gasteiger partial charge is 0.408 e. The van der Waals surface area contributed by atoms with Crippen LogP contribution < -0.4 is 9.50 Å². The zero-order valence-corrected chi connectivity index (χ0v) is 21.2. The van der Waals surface area contributed by atoms with Crippen LogP contribution in [0.1, 0.15) is 31.9 Å². The average Bonchev–Trinajstić information content (AvgIpc) is 2.83. The lowest BCUT2D eigenvalue weighted by molar-refractivity contribution is -0.157. The Morgan fingerprint density at radius 1 is 0.833 bits per heavy atom. The number of carbonyl (C=O) groups is 2. The summed E-state index contributed by atoms with van der Waals surface area (Å²) in [5.74, 6) is -0.502. The standard InChI is InChI=1S/C27H29NO7S/c1-27(2,3)34-25(29)24(28-26(30)33-19-21-10-6-4-7-11-21)18-20-14-16-22(17-15-20)35-36(31,32)23-12-8-5-9-13-23/h4-17,24H,18-19H2,1-3H3,(H,28,30). The van der Waals surface area contributed by atoms with Crippen molar-refractivity contribution in [2.24, 2.45) is 0 Å². The van der Waals surface area contributed by atoms with Gasteiger partial charge in [0.25, 0.3) is 0 Å². The van der Waals surface area contributed by atoms with Crippen LogP contribution in [0.2, 0.25) is 0 Å². The van der Waals surface area contributed by atoms with Gasteiger partial charge in [-0.3, -0.25) is 0 Å². The summed E-state index contributed by atoms with van der Waals surface area (Å²) in [6.45, 7) is 5.24. The molecule has 9 heteroatoms. The van der Waals surface area contributed by atoms with Crippen molar-refractivity contribution in [1.82, 2.24) is 5.32 Å². The Morgan fingerprint density at radius 3 is 2.00 bits per heavy atom. The fraction of sp³-hybridized carbons (Fsp3) is 0.259. The second-order valence-electron chi connectivity index (χ2n) is 8.99. The third-order valence-electron chi connectivity index (χ3n) is 4.80. The van der Waals surface area contributed by atoms with Crippen molar-refractivity contribution < 1.29 is 31.7 Å². The van der Waals surface area contributed by atoms with Crippen molar-refractivity contribution in [3.05, 3.63) is 96.1 Å². The van der Waals surface area contributed by atoms with Gasteiger partial charge in [0.2, 0.25) is 0 Å². The summed E-state index contributed by atoms with van der Waals surface area (Å²) < 4.78 is 40.8. The minimum absolute atomic E-state index is 0.0391. The van der Waals surface area contributed by atoms with Crippen molar-refractivity contribution in [3.8, 4) is 5.75 Å². The number of hydrogen-bond acceptors (Lipinski definition) is 7. The van der Waals surface area contributed by atoms with E-state index in [1.807, 2.05) is 30.3 Å². The maximum absolute atomic E-state index is 12.8. The molecule has 0 saturated heterocycles. The average molecular weight is 512 g/mol. The Kier molecular flexibility index (Phi) is 8.71. The van der Waals surface area contributed by atoms with Crippen molar-refractivity contribution >= 4 is 22.2 Å². The number of nitrogens with one attached hydrogen (secondary N) is 1. The third-order valence-corrected chi connectivity index (χ3v) is 6.06. The molecule has 0 spiro atoms. The van der Waals surface area contributed by atoms with Crippen LogP contribution in [0.25, 0.3) is 0 Å². The van der Waals surface area contributed by atoms with Gasteiger partial charge in [-0.05, 0) is 56.2 Å². The Hall–Kier alpha value is -3.85. The molecule has 0 saturated carbocycles. The van der Waals surface area contributed by atoms with Crippen LogP contribution in [0.3, 0.4) is 0 Å². The van der Waals surface area contributed by atoms with E-state index in [-0.39, 0.29) is 23.7 Å². The lowest BCUT2D eigenvalue weighted by Crippen LogP contribution is -2.45. The van der Waals surface area contributed by atoms with Crippen molar-refractivity contribution in [1.29, 1.82) is 0 Å². The van der Waals surface area contributed by atoms with Crippen LogP contribution in [0.4, 0.5) is 4.79 Å². The fourth-order valence-electron chi connectivity index (χ4n) is 3.15. The largest absolute Gasteiger partial charge is 0.458 e. The molecule has 8 nitrogen and oxygen atoms in total. The van der Waals surface area contributed by atoms with Crippen LogP contribution in [0.5, 0.6) is 5.75 Å². The zero-order chi connectivity index (χ0) is 26.2. The monoisotopic (exact) mass is 511 g/mol. The molecule has 1 N–H and O–H groups in total. The molecule has 3 aromatic rings. The predicted octanol–water partition coefficient (Wildman–Crippen LogP) is 4.63. The minimum atomic E-state index is -3.98. The Balaban J connectivity index is 1.67. The van der Waals surface area contributed by atoms with Crippen LogP contribution in [-0.4, -0.2) is 32.1 Å². The summed E-state index contributed by atoms with van der Waals surface area (Å²) in [6, 6.07) is 22.1. The van der Waals surface area contributed by atoms with Gasteiger partial charge < -0.3 is 19.0 Å². The molecule has 0 aliphatic heterocycles. The van der Waals surface area contributed by atoms with E-state index in [4.69, 9.17) is 13.7 Å². The van der Waals surface area contributed by atoms with Crippen LogP contribution in [0, 0.1) is 0 Å². The molecule has 1 unspecified atom stereocenters. The van der Waals surface area contributed by atoms with Gasteiger partial charge in [0.15, 0.2) is 0 Å². The molecule has 0 aliphatic carbocycles. The van der Waals surface area contributed by atoms with Gasteiger partial charge in [-0.2, -0.15) is 8.42 Å². The molecule has 190 valence electrons. The van der Waals surface area contributed by atoms with Crippen molar-refractivity contribution in [2.75, 3.05) is 0 Å². The van der Waals surface area contributed by atoms with Gasteiger partial charge in [0, 0.05) is 6.42 Å². The Labute approximate surface area is 211 Å². The SMILES string of the molecule is CC(C)(C)OC(=O)C(Cc1ccc(OS(=O)(=O)c2ccccc2)cc1)NC(=O)OCc1ccccc1. The number of carbonyl (C=O) groups excluding carboxylic acids is 2. The van der Waals surface area contributed by atoms with E-state index in [2.05, 4.69) is 5.32 Å². The Bertz CT molecular complexity index is 1250. The number of esters is 1.